The van der Waals surface area contributed by atoms with E-state index in [0.29, 0.717) is 16.9 Å². The lowest BCUT2D eigenvalue weighted by Crippen LogP contribution is -2.11. The molecule has 23 heavy (non-hydrogen) atoms. The number of aryl methyl sites for hydroxylation is 1. The quantitative estimate of drug-likeness (QED) is 0.872. The molecule has 0 aliphatic rings. The molecule has 0 saturated heterocycles. The van der Waals surface area contributed by atoms with Crippen LogP contribution < -0.4 is 9.47 Å². The van der Waals surface area contributed by atoms with Gasteiger partial charge in [0.1, 0.15) is 4.90 Å². The van der Waals surface area contributed by atoms with Crippen LogP contribution in [-0.2, 0) is 10.8 Å². The monoisotopic (exact) mass is 336 g/mol. The number of ether oxygens (including phenoxy) is 2. The molecule has 1 aromatic carbocycles. The van der Waals surface area contributed by atoms with Crippen LogP contribution in [0.1, 0.15) is 30.6 Å². The van der Waals surface area contributed by atoms with Gasteiger partial charge in [-0.25, -0.2) is 4.21 Å². The van der Waals surface area contributed by atoms with Crippen LogP contribution in [0.5, 0.6) is 11.8 Å². The Bertz CT molecular complexity index is 704. The lowest BCUT2D eigenvalue weighted by molar-refractivity contribution is 0.163. The first-order valence-corrected chi connectivity index (χ1v) is 8.33. The summed E-state index contributed by atoms with van der Waals surface area (Å²) in [5.74, 6) is 0.267. The first-order chi connectivity index (χ1) is 11.0. The highest BCUT2D eigenvalue weighted by Crippen LogP contribution is 2.37. The summed E-state index contributed by atoms with van der Waals surface area (Å²) in [5, 5.41) is 18.1. The van der Waals surface area contributed by atoms with Gasteiger partial charge in [-0.05, 0) is 25.5 Å². The number of nitrogens with zero attached hydrogens (tertiary/aromatic N) is 2. The van der Waals surface area contributed by atoms with Crippen molar-refractivity contribution in [2.45, 2.75) is 36.2 Å². The van der Waals surface area contributed by atoms with Crippen molar-refractivity contribution in [1.82, 2.24) is 10.2 Å². The van der Waals surface area contributed by atoms with Crippen molar-refractivity contribution in [1.29, 1.82) is 0 Å². The first-order valence-electron chi connectivity index (χ1n) is 7.18. The van der Waals surface area contributed by atoms with Crippen molar-refractivity contribution in [3.8, 4) is 11.8 Å². The van der Waals surface area contributed by atoms with Crippen LogP contribution in [-0.4, -0.2) is 33.7 Å². The van der Waals surface area contributed by atoms with Crippen molar-refractivity contribution in [2.75, 3.05) is 14.2 Å². The number of benzene rings is 1. The highest BCUT2D eigenvalue weighted by atomic mass is 32.2. The minimum absolute atomic E-state index is 0.118. The van der Waals surface area contributed by atoms with Gasteiger partial charge in [0.15, 0.2) is 0 Å². The standard InChI is InChI=1S/C16H20N2O4S/c1-5-12(19)13-14(16(22-4)18-17-15(13)21-3)23(20)11-8-6-10(2)7-9-11/h6-9,12,19H,5H2,1-4H3/t12-,23+/m1/s1. The van der Waals surface area contributed by atoms with Crippen molar-refractivity contribution in [2.24, 2.45) is 0 Å². The van der Waals surface area contributed by atoms with Gasteiger partial charge < -0.3 is 14.6 Å². The van der Waals surface area contributed by atoms with Crippen LogP contribution in [0.25, 0.3) is 0 Å². The van der Waals surface area contributed by atoms with Crippen LogP contribution >= 0.6 is 0 Å². The van der Waals surface area contributed by atoms with Crippen LogP contribution in [0.3, 0.4) is 0 Å². The molecule has 0 aliphatic heterocycles. The molecule has 0 amide bonds. The lowest BCUT2D eigenvalue weighted by Gasteiger charge is -2.18. The highest BCUT2D eigenvalue weighted by molar-refractivity contribution is 7.85. The van der Waals surface area contributed by atoms with E-state index in [1.807, 2.05) is 26.0 Å². The summed E-state index contributed by atoms with van der Waals surface area (Å²) in [6.07, 6.45) is -0.456. The molecule has 2 atom stereocenters. The zero-order valence-corrected chi connectivity index (χ0v) is 14.4. The molecular weight excluding hydrogens is 316 g/mol. The van der Waals surface area contributed by atoms with Crippen LogP contribution in [0.15, 0.2) is 34.1 Å². The lowest BCUT2D eigenvalue weighted by atomic mass is 10.1. The fourth-order valence-corrected chi connectivity index (χ4v) is 3.47. The van der Waals surface area contributed by atoms with Gasteiger partial charge in [-0.1, -0.05) is 24.6 Å². The second kappa shape index (κ2) is 7.52. The van der Waals surface area contributed by atoms with Crippen LogP contribution in [0.2, 0.25) is 0 Å². The third-order valence-electron chi connectivity index (χ3n) is 3.43. The number of aromatic nitrogens is 2. The van der Waals surface area contributed by atoms with Gasteiger partial charge in [0.05, 0.1) is 36.7 Å². The van der Waals surface area contributed by atoms with Gasteiger partial charge in [-0.15, -0.1) is 10.2 Å². The molecule has 7 heteroatoms. The highest BCUT2D eigenvalue weighted by Gasteiger charge is 2.28. The maximum Gasteiger partial charge on any atom is 0.250 e. The Balaban J connectivity index is 2.66. The zero-order chi connectivity index (χ0) is 17.0. The Hall–Kier alpha value is -1.99. The maximum absolute atomic E-state index is 13.0. The third-order valence-corrected chi connectivity index (χ3v) is 4.89. The smallest absolute Gasteiger partial charge is 0.250 e. The van der Waals surface area contributed by atoms with Gasteiger partial charge in [-0.3, -0.25) is 0 Å². The Labute approximate surface area is 137 Å². The fourth-order valence-electron chi connectivity index (χ4n) is 2.14. The Morgan fingerprint density at radius 1 is 1.13 bits per heavy atom. The number of hydrogen-bond donors (Lipinski definition) is 1. The number of aliphatic hydroxyl groups is 1. The van der Waals surface area contributed by atoms with Crippen LogP contribution in [0, 0.1) is 6.92 Å². The molecule has 1 heterocycles. The summed E-state index contributed by atoms with van der Waals surface area (Å²) in [5.41, 5.74) is 1.41. The summed E-state index contributed by atoms with van der Waals surface area (Å²) in [6, 6.07) is 7.31. The van der Waals surface area contributed by atoms with Crippen LogP contribution in [0.4, 0.5) is 0 Å². The van der Waals surface area contributed by atoms with Crippen molar-refractivity contribution < 1.29 is 18.8 Å². The van der Waals surface area contributed by atoms with E-state index in [-0.39, 0.29) is 16.7 Å². The van der Waals surface area contributed by atoms with Crippen molar-refractivity contribution in [3.05, 3.63) is 35.4 Å². The number of methoxy groups -OCH3 is 2. The molecule has 0 radical (unpaired) electrons. The van der Waals surface area contributed by atoms with E-state index in [0.717, 1.165) is 5.56 Å². The molecule has 0 bridgehead atoms. The predicted molar refractivity (Wildman–Crippen MR) is 86.2 cm³/mol. The van der Waals surface area contributed by atoms with Gasteiger partial charge in [0.2, 0.25) is 5.88 Å². The Kier molecular flexibility index (Phi) is 5.68. The van der Waals surface area contributed by atoms with E-state index in [1.165, 1.54) is 14.2 Å². The summed E-state index contributed by atoms with van der Waals surface area (Å²) in [4.78, 5) is 0.881. The molecule has 2 rings (SSSR count). The largest absolute Gasteiger partial charge is 0.480 e. The van der Waals surface area contributed by atoms with E-state index < -0.39 is 16.9 Å². The second-order valence-corrected chi connectivity index (χ2v) is 6.38. The van der Waals surface area contributed by atoms with E-state index in [2.05, 4.69) is 10.2 Å². The summed E-state index contributed by atoms with van der Waals surface area (Å²) in [7, 11) is 1.28. The molecule has 1 N–H and O–H groups in total. The first kappa shape index (κ1) is 17.4. The molecule has 1 aromatic heterocycles. The maximum atomic E-state index is 13.0. The summed E-state index contributed by atoms with van der Waals surface area (Å²) >= 11 is 0. The number of hydrogen-bond acceptors (Lipinski definition) is 6. The number of aliphatic hydroxyl groups excluding tert-OH is 1. The van der Waals surface area contributed by atoms with Crippen molar-refractivity contribution >= 4 is 10.8 Å². The SMILES string of the molecule is CC[C@@H](O)c1c(OC)nnc(OC)c1[S@@](=O)c1ccc(C)cc1. The average molecular weight is 336 g/mol. The second-order valence-electron chi connectivity index (χ2n) is 4.97. The van der Waals surface area contributed by atoms with Crippen molar-refractivity contribution in [3.63, 3.8) is 0 Å². The summed E-state index contributed by atoms with van der Waals surface area (Å²) in [6.45, 7) is 3.77. The average Bonchev–Trinajstić information content (AvgIpc) is 2.59. The van der Waals surface area contributed by atoms with Gasteiger partial charge >= 0.3 is 0 Å². The predicted octanol–water partition coefficient (Wildman–Crippen LogP) is 2.41. The topological polar surface area (TPSA) is 81.5 Å². The van der Waals surface area contributed by atoms with E-state index in [9.17, 15) is 9.32 Å². The van der Waals surface area contributed by atoms with Gasteiger partial charge in [-0.2, -0.15) is 0 Å². The molecule has 6 nitrogen and oxygen atoms in total. The molecule has 0 saturated carbocycles. The Morgan fingerprint density at radius 2 is 1.70 bits per heavy atom. The molecule has 124 valence electrons. The normalized spacial score (nSPS) is 13.4. The minimum Gasteiger partial charge on any atom is -0.480 e. The molecule has 0 fully saturated rings. The molecule has 0 unspecified atom stereocenters. The van der Waals surface area contributed by atoms with Gasteiger partial charge in [0.25, 0.3) is 5.88 Å². The molecular formula is C16H20N2O4S. The fraction of sp³-hybridized carbons (Fsp3) is 0.375. The van der Waals surface area contributed by atoms with E-state index >= 15 is 0 Å². The third kappa shape index (κ3) is 3.51. The van der Waals surface area contributed by atoms with E-state index in [1.54, 1.807) is 12.1 Å². The van der Waals surface area contributed by atoms with Gasteiger partial charge in [0, 0.05) is 4.90 Å². The van der Waals surface area contributed by atoms with E-state index in [4.69, 9.17) is 9.47 Å². The molecule has 2 aromatic rings. The molecule has 0 spiro atoms. The molecule has 0 aliphatic carbocycles. The number of rotatable bonds is 6. The summed E-state index contributed by atoms with van der Waals surface area (Å²) < 4.78 is 23.4. The minimum atomic E-state index is -1.58. The Morgan fingerprint density at radius 3 is 2.22 bits per heavy atom. The zero-order valence-electron chi connectivity index (χ0n) is 13.6.